The van der Waals surface area contributed by atoms with Crippen LogP contribution in [0.2, 0.25) is 0 Å². The number of nitrogens with zero attached hydrogens (tertiary/aromatic N) is 1. The Morgan fingerprint density at radius 2 is 1.81 bits per heavy atom. The van der Waals surface area contributed by atoms with Gasteiger partial charge in [0.1, 0.15) is 0 Å². The second kappa shape index (κ2) is 5.50. The number of carbonyl (C=O) groups is 2. The number of aliphatic carboxylic acids is 1. The van der Waals surface area contributed by atoms with E-state index in [-0.39, 0.29) is 25.4 Å². The SMILES string of the molecule is CC(C)C1(C(=O)O)CCN(C(=O)CC(C)(C)C(F)(F)F)C1. The van der Waals surface area contributed by atoms with Crippen LogP contribution in [0, 0.1) is 16.7 Å². The minimum absolute atomic E-state index is 0.0211. The van der Waals surface area contributed by atoms with Crippen LogP contribution in [0.1, 0.15) is 40.5 Å². The van der Waals surface area contributed by atoms with Crippen molar-refractivity contribution >= 4 is 11.9 Å². The highest BCUT2D eigenvalue weighted by Crippen LogP contribution is 2.43. The number of rotatable bonds is 4. The highest BCUT2D eigenvalue weighted by Gasteiger charge is 2.52. The molecule has 21 heavy (non-hydrogen) atoms. The van der Waals surface area contributed by atoms with Gasteiger partial charge in [-0.3, -0.25) is 9.59 Å². The Balaban J connectivity index is 2.82. The molecule has 0 aromatic rings. The molecule has 1 unspecified atom stereocenters. The molecule has 1 saturated heterocycles. The Morgan fingerprint density at radius 1 is 1.29 bits per heavy atom. The van der Waals surface area contributed by atoms with Crippen LogP contribution in [0.4, 0.5) is 13.2 Å². The standard InChI is InChI=1S/C14H22F3NO3/c1-9(2)13(11(20)21)5-6-18(8-13)10(19)7-12(3,4)14(15,16)17/h9H,5-8H2,1-4H3,(H,20,21). The van der Waals surface area contributed by atoms with E-state index in [2.05, 4.69) is 0 Å². The minimum atomic E-state index is -4.47. The van der Waals surface area contributed by atoms with Crippen molar-refractivity contribution < 1.29 is 27.9 Å². The van der Waals surface area contributed by atoms with Crippen molar-refractivity contribution in [1.29, 1.82) is 0 Å². The van der Waals surface area contributed by atoms with Gasteiger partial charge in [0.05, 0.1) is 10.8 Å². The third kappa shape index (κ3) is 3.32. The fourth-order valence-corrected chi connectivity index (χ4v) is 2.53. The summed E-state index contributed by atoms with van der Waals surface area (Å²) in [7, 11) is 0. The fraction of sp³-hybridized carbons (Fsp3) is 0.857. The summed E-state index contributed by atoms with van der Waals surface area (Å²) in [6, 6.07) is 0. The van der Waals surface area contributed by atoms with Gasteiger partial charge in [0, 0.05) is 19.5 Å². The zero-order valence-corrected chi connectivity index (χ0v) is 12.8. The molecule has 0 spiro atoms. The fourth-order valence-electron chi connectivity index (χ4n) is 2.53. The van der Waals surface area contributed by atoms with Crippen LogP contribution < -0.4 is 0 Å². The summed E-state index contributed by atoms with van der Waals surface area (Å²) in [4.78, 5) is 24.8. The van der Waals surface area contributed by atoms with Gasteiger partial charge >= 0.3 is 12.1 Å². The first-order valence-electron chi connectivity index (χ1n) is 6.91. The molecule has 7 heteroatoms. The van der Waals surface area contributed by atoms with E-state index in [0.717, 1.165) is 13.8 Å². The topological polar surface area (TPSA) is 57.6 Å². The monoisotopic (exact) mass is 309 g/mol. The van der Waals surface area contributed by atoms with E-state index in [0.29, 0.717) is 0 Å². The molecule has 0 saturated carbocycles. The van der Waals surface area contributed by atoms with Crippen molar-refractivity contribution in [2.45, 2.75) is 46.7 Å². The molecule has 1 heterocycles. The molecule has 0 aromatic heterocycles. The smallest absolute Gasteiger partial charge is 0.394 e. The van der Waals surface area contributed by atoms with Gasteiger partial charge in [-0.15, -0.1) is 0 Å². The van der Waals surface area contributed by atoms with Gasteiger partial charge in [0.15, 0.2) is 0 Å². The minimum Gasteiger partial charge on any atom is -0.481 e. The van der Waals surface area contributed by atoms with Crippen molar-refractivity contribution in [3.63, 3.8) is 0 Å². The largest absolute Gasteiger partial charge is 0.481 e. The summed E-state index contributed by atoms with van der Waals surface area (Å²) in [6.07, 6.45) is -4.85. The Labute approximate surface area is 122 Å². The predicted molar refractivity (Wildman–Crippen MR) is 70.6 cm³/mol. The lowest BCUT2D eigenvalue weighted by molar-refractivity contribution is -0.215. The molecular weight excluding hydrogens is 287 g/mol. The average Bonchev–Trinajstić information content (AvgIpc) is 2.72. The first-order chi connectivity index (χ1) is 9.33. The molecule has 1 aliphatic rings. The third-order valence-electron chi connectivity index (χ3n) is 4.55. The van der Waals surface area contributed by atoms with E-state index < -0.39 is 35.3 Å². The first kappa shape index (κ1) is 17.8. The van der Waals surface area contributed by atoms with E-state index in [1.807, 2.05) is 0 Å². The maximum Gasteiger partial charge on any atom is 0.394 e. The molecule has 0 bridgehead atoms. The molecule has 0 radical (unpaired) electrons. The number of carbonyl (C=O) groups excluding carboxylic acids is 1. The van der Waals surface area contributed by atoms with Crippen molar-refractivity contribution in [1.82, 2.24) is 4.90 Å². The van der Waals surface area contributed by atoms with Crippen LogP contribution in [-0.2, 0) is 9.59 Å². The van der Waals surface area contributed by atoms with Gasteiger partial charge in [-0.25, -0.2) is 0 Å². The average molecular weight is 309 g/mol. The van der Waals surface area contributed by atoms with Crippen molar-refractivity contribution in [2.75, 3.05) is 13.1 Å². The van der Waals surface area contributed by atoms with E-state index in [9.17, 15) is 27.9 Å². The molecule has 1 atom stereocenters. The van der Waals surface area contributed by atoms with Crippen molar-refractivity contribution in [2.24, 2.45) is 16.7 Å². The Morgan fingerprint density at radius 3 is 2.14 bits per heavy atom. The Kier molecular flexibility index (Phi) is 4.65. The molecule has 1 amide bonds. The lowest BCUT2D eigenvalue weighted by Crippen LogP contribution is -2.43. The quantitative estimate of drug-likeness (QED) is 0.868. The summed E-state index contributed by atoms with van der Waals surface area (Å²) >= 11 is 0. The summed E-state index contributed by atoms with van der Waals surface area (Å²) in [5, 5.41) is 9.38. The van der Waals surface area contributed by atoms with Crippen LogP contribution in [0.3, 0.4) is 0 Å². The lowest BCUT2D eigenvalue weighted by Gasteiger charge is -2.31. The second-order valence-corrected chi connectivity index (χ2v) is 6.74. The molecule has 1 N–H and O–H groups in total. The van der Waals surface area contributed by atoms with E-state index >= 15 is 0 Å². The van der Waals surface area contributed by atoms with Crippen LogP contribution in [0.15, 0.2) is 0 Å². The number of hydrogen-bond acceptors (Lipinski definition) is 2. The van der Waals surface area contributed by atoms with Gasteiger partial charge in [0.25, 0.3) is 0 Å². The molecule has 1 aliphatic heterocycles. The lowest BCUT2D eigenvalue weighted by atomic mass is 9.76. The number of likely N-dealkylation sites (tertiary alicyclic amines) is 1. The molecule has 0 aliphatic carbocycles. The van der Waals surface area contributed by atoms with Crippen LogP contribution in [-0.4, -0.2) is 41.1 Å². The van der Waals surface area contributed by atoms with Crippen molar-refractivity contribution in [3.8, 4) is 0 Å². The van der Waals surface area contributed by atoms with Gasteiger partial charge in [-0.05, 0) is 12.3 Å². The van der Waals surface area contributed by atoms with Crippen LogP contribution in [0.25, 0.3) is 0 Å². The van der Waals surface area contributed by atoms with Crippen molar-refractivity contribution in [3.05, 3.63) is 0 Å². The van der Waals surface area contributed by atoms with Crippen LogP contribution in [0.5, 0.6) is 0 Å². The van der Waals surface area contributed by atoms with Gasteiger partial charge < -0.3 is 10.0 Å². The molecule has 4 nitrogen and oxygen atoms in total. The summed E-state index contributed by atoms with van der Waals surface area (Å²) in [5.74, 6) is -1.83. The Hall–Kier alpha value is -1.27. The maximum atomic E-state index is 12.8. The number of hydrogen-bond donors (Lipinski definition) is 1. The van der Waals surface area contributed by atoms with Gasteiger partial charge in [-0.2, -0.15) is 13.2 Å². The van der Waals surface area contributed by atoms with E-state index in [1.165, 1.54) is 4.90 Å². The number of halogens is 3. The molecule has 0 aromatic carbocycles. The van der Waals surface area contributed by atoms with E-state index in [4.69, 9.17) is 0 Å². The second-order valence-electron chi connectivity index (χ2n) is 6.74. The number of alkyl halides is 3. The molecular formula is C14H22F3NO3. The number of amides is 1. The number of carboxylic acid groups (broad SMARTS) is 1. The van der Waals surface area contributed by atoms with Gasteiger partial charge in [0.2, 0.25) is 5.91 Å². The van der Waals surface area contributed by atoms with Crippen LogP contribution >= 0.6 is 0 Å². The summed E-state index contributed by atoms with van der Waals surface area (Å²) in [5.41, 5.74) is -3.17. The zero-order valence-electron chi connectivity index (χ0n) is 12.8. The van der Waals surface area contributed by atoms with E-state index in [1.54, 1.807) is 13.8 Å². The maximum absolute atomic E-state index is 12.8. The van der Waals surface area contributed by atoms with Gasteiger partial charge in [-0.1, -0.05) is 27.7 Å². The highest BCUT2D eigenvalue weighted by molar-refractivity contribution is 5.81. The first-order valence-corrected chi connectivity index (χ1v) is 6.91. The zero-order chi connectivity index (χ0) is 16.6. The summed E-state index contributed by atoms with van der Waals surface area (Å²) in [6.45, 7) is 5.63. The predicted octanol–water partition coefficient (Wildman–Crippen LogP) is 2.92. The molecule has 1 fully saturated rings. The molecule has 122 valence electrons. The normalized spacial score (nSPS) is 23.7. The Bertz CT molecular complexity index is 432. The highest BCUT2D eigenvalue weighted by atomic mass is 19.4. The summed E-state index contributed by atoms with van der Waals surface area (Å²) < 4.78 is 38.5. The molecule has 1 rings (SSSR count). The third-order valence-corrected chi connectivity index (χ3v) is 4.55. The number of carboxylic acids is 1.